The van der Waals surface area contributed by atoms with Gasteiger partial charge in [-0.05, 0) is 50.2 Å². The van der Waals surface area contributed by atoms with Crippen LogP contribution in [0, 0.1) is 0 Å². The van der Waals surface area contributed by atoms with Gasteiger partial charge in [0.25, 0.3) is 0 Å². The van der Waals surface area contributed by atoms with Gasteiger partial charge in [-0.25, -0.2) is 9.59 Å². The molecule has 27 heavy (non-hydrogen) atoms. The van der Waals surface area contributed by atoms with E-state index in [1.54, 1.807) is 43.5 Å². The SMILES string of the molecule is CCOC(=O)c1ccc(NC(=O)Nc2cccc(C3=CNC(C)O3)c2)cc1. The number of esters is 1. The zero-order valence-corrected chi connectivity index (χ0v) is 15.1. The second-order valence-corrected chi connectivity index (χ2v) is 5.89. The monoisotopic (exact) mass is 367 g/mol. The van der Waals surface area contributed by atoms with E-state index in [0.717, 1.165) is 11.3 Å². The van der Waals surface area contributed by atoms with Gasteiger partial charge in [-0.3, -0.25) is 0 Å². The molecule has 0 bridgehead atoms. The van der Waals surface area contributed by atoms with Crippen LogP contribution in [0.5, 0.6) is 0 Å². The first kappa shape index (κ1) is 18.3. The van der Waals surface area contributed by atoms with E-state index in [9.17, 15) is 9.59 Å². The molecule has 2 aromatic carbocycles. The predicted octanol–water partition coefficient (Wildman–Crippen LogP) is 3.77. The lowest BCUT2D eigenvalue weighted by Crippen LogP contribution is -2.19. The molecule has 1 atom stereocenters. The summed E-state index contributed by atoms with van der Waals surface area (Å²) >= 11 is 0. The van der Waals surface area contributed by atoms with Crippen molar-refractivity contribution in [3.8, 4) is 0 Å². The van der Waals surface area contributed by atoms with E-state index in [4.69, 9.17) is 9.47 Å². The molecule has 7 heteroatoms. The van der Waals surface area contributed by atoms with Crippen LogP contribution in [0.2, 0.25) is 0 Å². The van der Waals surface area contributed by atoms with Crippen molar-refractivity contribution >= 4 is 29.1 Å². The molecule has 0 spiro atoms. The lowest BCUT2D eigenvalue weighted by molar-refractivity contribution is 0.0526. The fraction of sp³-hybridized carbons (Fsp3) is 0.200. The van der Waals surface area contributed by atoms with Crippen molar-refractivity contribution in [2.75, 3.05) is 17.2 Å². The quantitative estimate of drug-likeness (QED) is 0.700. The largest absolute Gasteiger partial charge is 0.469 e. The molecule has 1 unspecified atom stereocenters. The van der Waals surface area contributed by atoms with Gasteiger partial charge >= 0.3 is 12.0 Å². The van der Waals surface area contributed by atoms with Gasteiger partial charge in [-0.15, -0.1) is 0 Å². The Bertz CT molecular complexity index is 862. The van der Waals surface area contributed by atoms with Crippen molar-refractivity contribution in [1.29, 1.82) is 0 Å². The van der Waals surface area contributed by atoms with Gasteiger partial charge < -0.3 is 25.4 Å². The maximum absolute atomic E-state index is 12.2. The summed E-state index contributed by atoms with van der Waals surface area (Å²) in [7, 11) is 0. The van der Waals surface area contributed by atoms with Crippen molar-refractivity contribution in [2.24, 2.45) is 0 Å². The Balaban J connectivity index is 1.60. The number of nitrogens with one attached hydrogen (secondary N) is 3. The Labute approximate surface area is 157 Å². The van der Waals surface area contributed by atoms with Crippen LogP contribution in [0.1, 0.15) is 29.8 Å². The minimum absolute atomic E-state index is 0.0718. The molecule has 0 aromatic heterocycles. The summed E-state index contributed by atoms with van der Waals surface area (Å²) in [5.41, 5.74) is 2.50. The first-order valence-corrected chi connectivity index (χ1v) is 8.63. The average Bonchev–Trinajstić information content (AvgIpc) is 3.09. The molecule has 0 fully saturated rings. The Kier molecular flexibility index (Phi) is 5.61. The number of anilines is 2. The molecule has 3 N–H and O–H groups in total. The second kappa shape index (κ2) is 8.27. The lowest BCUT2D eigenvalue weighted by Gasteiger charge is -2.11. The van der Waals surface area contributed by atoms with Gasteiger partial charge in [-0.1, -0.05) is 12.1 Å². The Hall–Kier alpha value is -3.48. The molecule has 1 aliphatic heterocycles. The van der Waals surface area contributed by atoms with Gasteiger partial charge in [0.05, 0.1) is 12.2 Å². The summed E-state index contributed by atoms with van der Waals surface area (Å²) in [5, 5.41) is 8.57. The molecule has 3 rings (SSSR count). The molecule has 2 aromatic rings. The van der Waals surface area contributed by atoms with Crippen LogP contribution >= 0.6 is 0 Å². The third-order valence-corrected chi connectivity index (χ3v) is 3.81. The first-order chi connectivity index (χ1) is 13.0. The molecule has 0 aliphatic carbocycles. The van der Waals surface area contributed by atoms with Crippen molar-refractivity contribution in [3.63, 3.8) is 0 Å². The molecule has 0 saturated heterocycles. The van der Waals surface area contributed by atoms with Crippen LogP contribution in [-0.2, 0) is 9.47 Å². The van der Waals surface area contributed by atoms with Gasteiger partial charge in [0.2, 0.25) is 0 Å². The number of rotatable bonds is 5. The van der Waals surface area contributed by atoms with E-state index in [1.165, 1.54) is 0 Å². The number of amides is 2. The average molecular weight is 367 g/mol. The normalized spacial score (nSPS) is 15.2. The lowest BCUT2D eigenvalue weighted by atomic mass is 10.1. The minimum Gasteiger partial charge on any atom is -0.469 e. The highest BCUT2D eigenvalue weighted by molar-refractivity contribution is 6.00. The number of carbonyl (C=O) groups is 2. The highest BCUT2D eigenvalue weighted by Gasteiger charge is 2.14. The van der Waals surface area contributed by atoms with Crippen LogP contribution in [0.4, 0.5) is 16.2 Å². The zero-order chi connectivity index (χ0) is 19.2. The third kappa shape index (κ3) is 4.78. The smallest absolute Gasteiger partial charge is 0.338 e. The maximum atomic E-state index is 12.2. The molecule has 1 heterocycles. The van der Waals surface area contributed by atoms with Crippen LogP contribution in [0.3, 0.4) is 0 Å². The van der Waals surface area contributed by atoms with Crippen molar-refractivity contribution in [2.45, 2.75) is 20.1 Å². The van der Waals surface area contributed by atoms with Gasteiger partial charge in [0.1, 0.15) is 5.76 Å². The summed E-state index contributed by atoms with van der Waals surface area (Å²) in [6.45, 7) is 3.98. The Morgan fingerprint density at radius 2 is 1.85 bits per heavy atom. The molecular weight excluding hydrogens is 346 g/mol. The molecule has 7 nitrogen and oxygen atoms in total. The number of urea groups is 1. The van der Waals surface area contributed by atoms with Crippen LogP contribution in [0.25, 0.3) is 5.76 Å². The third-order valence-electron chi connectivity index (χ3n) is 3.81. The number of ether oxygens (including phenoxy) is 2. The van der Waals surface area contributed by atoms with Crippen molar-refractivity contribution < 1.29 is 19.1 Å². The maximum Gasteiger partial charge on any atom is 0.338 e. The van der Waals surface area contributed by atoms with Crippen LogP contribution < -0.4 is 16.0 Å². The molecule has 0 saturated carbocycles. The first-order valence-electron chi connectivity index (χ1n) is 8.63. The summed E-state index contributed by atoms with van der Waals surface area (Å²) in [4.78, 5) is 23.9. The Morgan fingerprint density at radius 3 is 2.52 bits per heavy atom. The number of hydrogen-bond donors (Lipinski definition) is 3. The highest BCUT2D eigenvalue weighted by atomic mass is 16.5. The topological polar surface area (TPSA) is 88.7 Å². The van der Waals surface area contributed by atoms with E-state index < -0.39 is 5.97 Å². The van der Waals surface area contributed by atoms with E-state index in [2.05, 4.69) is 16.0 Å². The van der Waals surface area contributed by atoms with E-state index in [-0.39, 0.29) is 12.3 Å². The van der Waals surface area contributed by atoms with E-state index in [1.807, 2.05) is 25.1 Å². The number of hydrogen-bond acceptors (Lipinski definition) is 5. The van der Waals surface area contributed by atoms with Crippen LogP contribution in [-0.4, -0.2) is 24.8 Å². The molecule has 140 valence electrons. The summed E-state index contributed by atoms with van der Waals surface area (Å²) in [5.74, 6) is 0.332. The van der Waals surface area contributed by atoms with E-state index in [0.29, 0.717) is 23.5 Å². The minimum atomic E-state index is -0.391. The number of carbonyl (C=O) groups excluding carboxylic acids is 2. The van der Waals surface area contributed by atoms with Crippen LogP contribution in [0.15, 0.2) is 54.7 Å². The molecule has 2 amide bonds. The Morgan fingerprint density at radius 1 is 1.11 bits per heavy atom. The molecule has 0 radical (unpaired) electrons. The summed E-state index contributed by atoms with van der Waals surface area (Å²) in [6, 6.07) is 13.5. The molecule has 1 aliphatic rings. The second-order valence-electron chi connectivity index (χ2n) is 5.89. The molecular formula is C20H21N3O4. The predicted molar refractivity (Wildman–Crippen MR) is 103 cm³/mol. The zero-order valence-electron chi connectivity index (χ0n) is 15.1. The van der Waals surface area contributed by atoms with E-state index >= 15 is 0 Å². The van der Waals surface area contributed by atoms with Crippen molar-refractivity contribution in [1.82, 2.24) is 5.32 Å². The van der Waals surface area contributed by atoms with Gasteiger partial charge in [0.15, 0.2) is 6.23 Å². The summed E-state index contributed by atoms with van der Waals surface area (Å²) < 4.78 is 10.6. The fourth-order valence-electron chi connectivity index (χ4n) is 2.55. The number of benzene rings is 2. The van der Waals surface area contributed by atoms with Gasteiger partial charge in [0, 0.05) is 23.1 Å². The fourth-order valence-corrected chi connectivity index (χ4v) is 2.55. The standard InChI is InChI=1S/C20H21N3O4/c1-3-26-19(24)14-7-9-16(10-8-14)22-20(25)23-17-6-4-5-15(11-17)18-12-21-13(2)27-18/h4-13,21H,3H2,1-2H3,(H2,22,23,25). The highest BCUT2D eigenvalue weighted by Crippen LogP contribution is 2.23. The van der Waals surface area contributed by atoms with Crippen molar-refractivity contribution in [3.05, 3.63) is 65.9 Å². The summed E-state index contributed by atoms with van der Waals surface area (Å²) in [6.07, 6.45) is 1.73. The van der Waals surface area contributed by atoms with Gasteiger partial charge in [-0.2, -0.15) is 0 Å².